The summed E-state index contributed by atoms with van der Waals surface area (Å²) in [5, 5.41) is 1.59. The van der Waals surface area contributed by atoms with Crippen molar-refractivity contribution in [3.63, 3.8) is 0 Å². The number of para-hydroxylation sites is 2. The van der Waals surface area contributed by atoms with E-state index in [0.29, 0.717) is 40.9 Å². The Morgan fingerprint density at radius 2 is 1.69 bits per heavy atom. The molecule has 5 aromatic rings. The second kappa shape index (κ2) is 8.58. The molecule has 0 fully saturated rings. The summed E-state index contributed by atoms with van der Waals surface area (Å²) in [5.41, 5.74) is 2.95. The third-order valence-corrected chi connectivity index (χ3v) is 7.10. The maximum absolute atomic E-state index is 12.9. The fourth-order valence-electron chi connectivity index (χ4n) is 3.35. The molecule has 0 spiro atoms. The molecule has 4 nitrogen and oxygen atoms in total. The van der Waals surface area contributed by atoms with Gasteiger partial charge in [-0.2, -0.15) is 0 Å². The molecule has 0 N–H and O–H groups in total. The number of hydrogen-bond donors (Lipinski definition) is 0. The first-order valence-electron chi connectivity index (χ1n) is 9.38. The summed E-state index contributed by atoms with van der Waals surface area (Å²) in [6.45, 7) is 0.222. The molecule has 2 heterocycles. The molecule has 0 saturated carbocycles. The molecule has 0 bridgehead atoms. The molecule has 3 aromatic carbocycles. The van der Waals surface area contributed by atoms with Crippen LogP contribution in [-0.2, 0) is 6.61 Å². The first-order valence-corrected chi connectivity index (χ1v) is 11.7. The molecular weight excluding hydrogens is 510 g/mol. The number of aromatic nitrogens is 2. The monoisotopic (exact) mass is 520 g/mol. The van der Waals surface area contributed by atoms with Gasteiger partial charge in [-0.3, -0.25) is 4.79 Å². The number of rotatable bonds is 4. The van der Waals surface area contributed by atoms with Crippen molar-refractivity contribution in [3.8, 4) is 5.75 Å². The van der Waals surface area contributed by atoms with E-state index in [1.165, 1.54) is 11.3 Å². The highest BCUT2D eigenvalue weighted by Crippen LogP contribution is 2.35. The van der Waals surface area contributed by atoms with Crippen molar-refractivity contribution in [2.45, 2.75) is 6.61 Å². The van der Waals surface area contributed by atoms with E-state index in [0.717, 1.165) is 16.6 Å². The van der Waals surface area contributed by atoms with E-state index in [-0.39, 0.29) is 12.2 Å². The van der Waals surface area contributed by atoms with Crippen LogP contribution in [0.5, 0.6) is 5.75 Å². The van der Waals surface area contributed by atoms with Gasteiger partial charge in [0.05, 0.1) is 35.7 Å². The Balaban J connectivity index is 1.47. The van der Waals surface area contributed by atoms with Crippen molar-refractivity contribution in [1.29, 1.82) is 0 Å². The van der Waals surface area contributed by atoms with E-state index in [1.54, 1.807) is 34.7 Å². The summed E-state index contributed by atoms with van der Waals surface area (Å²) in [6, 6.07) is 16.2. The summed E-state index contributed by atoms with van der Waals surface area (Å²) < 4.78 is 7.96. The van der Waals surface area contributed by atoms with Gasteiger partial charge in [0.1, 0.15) is 6.61 Å². The standard InChI is InChI=1S/C23H12Cl4N2O2S/c24-14-6-5-12(7-15(14)25)11-31-21-16(26)8-13(9-17(21)27)10-20-22(30)29-19-4-2-1-3-18(19)28-23(29)32-20/h1-10H,11H2/b20-10-. The molecule has 2 aromatic heterocycles. The van der Waals surface area contributed by atoms with E-state index in [2.05, 4.69) is 4.98 Å². The van der Waals surface area contributed by atoms with Gasteiger partial charge in [0.25, 0.3) is 5.56 Å². The molecule has 0 atom stereocenters. The van der Waals surface area contributed by atoms with Crippen LogP contribution in [0.15, 0.2) is 59.4 Å². The first-order chi connectivity index (χ1) is 15.4. The van der Waals surface area contributed by atoms with Crippen molar-refractivity contribution in [3.05, 3.63) is 101 Å². The Morgan fingerprint density at radius 3 is 2.44 bits per heavy atom. The maximum Gasteiger partial charge on any atom is 0.274 e. The van der Waals surface area contributed by atoms with Crippen LogP contribution in [0.2, 0.25) is 20.1 Å². The van der Waals surface area contributed by atoms with Crippen LogP contribution in [0.3, 0.4) is 0 Å². The number of thiazole rings is 1. The van der Waals surface area contributed by atoms with Gasteiger partial charge in [-0.05, 0) is 53.6 Å². The molecule has 0 saturated heterocycles. The third-order valence-electron chi connectivity index (χ3n) is 4.83. The minimum Gasteiger partial charge on any atom is -0.486 e. The SMILES string of the molecule is O=c1/c(=C/c2cc(Cl)c(OCc3ccc(Cl)c(Cl)c3)c(Cl)c2)sc2nc3ccccc3n12. The quantitative estimate of drug-likeness (QED) is 0.266. The molecule has 0 aliphatic carbocycles. The number of fused-ring (bicyclic) bond motifs is 3. The van der Waals surface area contributed by atoms with Crippen molar-refractivity contribution in [2.75, 3.05) is 0 Å². The molecule has 0 aliphatic heterocycles. The van der Waals surface area contributed by atoms with Gasteiger partial charge in [0.15, 0.2) is 10.7 Å². The minimum absolute atomic E-state index is 0.133. The zero-order valence-electron chi connectivity index (χ0n) is 16.1. The van der Waals surface area contributed by atoms with Crippen molar-refractivity contribution in [2.24, 2.45) is 0 Å². The Bertz CT molecular complexity index is 1590. The molecule has 0 aliphatic rings. The highest BCUT2D eigenvalue weighted by molar-refractivity contribution is 7.15. The van der Waals surface area contributed by atoms with Gasteiger partial charge < -0.3 is 4.74 Å². The topological polar surface area (TPSA) is 43.6 Å². The van der Waals surface area contributed by atoms with Crippen LogP contribution in [-0.4, -0.2) is 9.38 Å². The lowest BCUT2D eigenvalue weighted by Gasteiger charge is -2.11. The Hall–Kier alpha value is -2.28. The molecule has 0 amide bonds. The summed E-state index contributed by atoms with van der Waals surface area (Å²) in [6.07, 6.45) is 1.75. The first kappa shape index (κ1) is 21.6. The highest BCUT2D eigenvalue weighted by atomic mass is 35.5. The zero-order chi connectivity index (χ0) is 22.4. The Labute approximate surface area is 206 Å². The average Bonchev–Trinajstić information content (AvgIpc) is 3.26. The lowest BCUT2D eigenvalue weighted by Crippen LogP contribution is -2.22. The minimum atomic E-state index is -0.133. The molecule has 9 heteroatoms. The summed E-state index contributed by atoms with van der Waals surface area (Å²) in [5.74, 6) is 0.353. The van der Waals surface area contributed by atoms with Gasteiger partial charge in [-0.1, -0.05) is 75.9 Å². The van der Waals surface area contributed by atoms with E-state index in [1.807, 2.05) is 30.3 Å². The van der Waals surface area contributed by atoms with Crippen LogP contribution in [0, 0.1) is 0 Å². The molecule has 5 rings (SSSR count). The largest absolute Gasteiger partial charge is 0.486 e. The number of hydrogen-bond acceptors (Lipinski definition) is 4. The fraction of sp³-hybridized carbons (Fsp3) is 0.0435. The van der Waals surface area contributed by atoms with Crippen LogP contribution < -0.4 is 14.8 Å². The van der Waals surface area contributed by atoms with E-state index in [9.17, 15) is 4.79 Å². The van der Waals surface area contributed by atoms with Crippen LogP contribution in [0.25, 0.3) is 22.1 Å². The van der Waals surface area contributed by atoms with Crippen LogP contribution in [0.4, 0.5) is 0 Å². The summed E-state index contributed by atoms with van der Waals surface area (Å²) >= 11 is 26.2. The van der Waals surface area contributed by atoms with Crippen molar-refractivity contribution < 1.29 is 4.74 Å². The van der Waals surface area contributed by atoms with Crippen LogP contribution in [0.1, 0.15) is 11.1 Å². The highest BCUT2D eigenvalue weighted by Gasteiger charge is 2.13. The zero-order valence-corrected chi connectivity index (χ0v) is 20.0. The van der Waals surface area contributed by atoms with Gasteiger partial charge >= 0.3 is 0 Å². The molecule has 0 unspecified atom stereocenters. The van der Waals surface area contributed by atoms with Crippen molar-refractivity contribution >= 4 is 79.8 Å². The maximum atomic E-state index is 12.9. The summed E-state index contributed by atoms with van der Waals surface area (Å²) in [4.78, 5) is 18.1. The number of halogens is 4. The molecule has 32 heavy (non-hydrogen) atoms. The lowest BCUT2D eigenvalue weighted by atomic mass is 10.2. The van der Waals surface area contributed by atoms with E-state index < -0.39 is 0 Å². The average molecular weight is 522 g/mol. The van der Waals surface area contributed by atoms with Gasteiger partial charge in [0.2, 0.25) is 0 Å². The van der Waals surface area contributed by atoms with Gasteiger partial charge in [0, 0.05) is 0 Å². The van der Waals surface area contributed by atoms with Crippen LogP contribution >= 0.6 is 57.7 Å². The normalized spacial score (nSPS) is 12.2. The van der Waals surface area contributed by atoms with Gasteiger partial charge in [-0.25, -0.2) is 9.38 Å². The summed E-state index contributed by atoms with van der Waals surface area (Å²) in [7, 11) is 0. The number of benzene rings is 3. The lowest BCUT2D eigenvalue weighted by molar-refractivity contribution is 0.306. The number of imidazole rings is 1. The Kier molecular flexibility index (Phi) is 5.78. The second-order valence-corrected chi connectivity index (χ2v) is 9.62. The predicted molar refractivity (Wildman–Crippen MR) is 133 cm³/mol. The molecule has 0 radical (unpaired) electrons. The number of ether oxygens (including phenoxy) is 1. The van der Waals surface area contributed by atoms with E-state index >= 15 is 0 Å². The van der Waals surface area contributed by atoms with E-state index in [4.69, 9.17) is 51.1 Å². The fourth-order valence-corrected chi connectivity index (χ4v) is 5.27. The predicted octanol–water partition coefficient (Wildman–Crippen LogP) is 6.65. The molecule has 160 valence electrons. The Morgan fingerprint density at radius 1 is 0.938 bits per heavy atom. The molecular formula is C23H12Cl4N2O2S. The van der Waals surface area contributed by atoms with Gasteiger partial charge in [-0.15, -0.1) is 0 Å². The third kappa shape index (κ3) is 3.96. The number of nitrogens with zero attached hydrogens (tertiary/aromatic N) is 2. The van der Waals surface area contributed by atoms with Crippen molar-refractivity contribution in [1.82, 2.24) is 9.38 Å². The second-order valence-electron chi connectivity index (χ2n) is 6.99. The smallest absolute Gasteiger partial charge is 0.274 e.